The van der Waals surface area contributed by atoms with Gasteiger partial charge in [0.2, 0.25) is 27.6 Å². The van der Waals surface area contributed by atoms with E-state index in [4.69, 9.17) is 4.52 Å². The molecule has 0 fully saturated rings. The number of amides is 1. The zero-order valence-corrected chi connectivity index (χ0v) is 16.6. The third kappa shape index (κ3) is 4.54. The van der Waals surface area contributed by atoms with Gasteiger partial charge in [-0.25, -0.2) is 12.8 Å². The molecule has 1 unspecified atom stereocenters. The molecule has 0 radical (unpaired) electrons. The second-order valence-electron chi connectivity index (χ2n) is 5.92. The van der Waals surface area contributed by atoms with Crippen LogP contribution in [-0.2, 0) is 21.4 Å². The maximum Gasteiger partial charge on any atom is 0.246 e. The second-order valence-corrected chi connectivity index (χ2v) is 8.73. The molecule has 0 bridgehead atoms. The molecule has 11 heteroatoms. The normalized spacial score (nSPS) is 12.5. The first-order chi connectivity index (χ1) is 13.3. The van der Waals surface area contributed by atoms with E-state index in [-0.39, 0.29) is 18.1 Å². The lowest BCUT2D eigenvalue weighted by Gasteiger charge is -2.28. The highest BCUT2D eigenvalue weighted by molar-refractivity contribution is 7.92. The summed E-state index contributed by atoms with van der Waals surface area (Å²) in [5, 5.41) is 8.30. The van der Waals surface area contributed by atoms with Crippen LogP contribution in [-0.4, -0.2) is 36.8 Å². The smallest absolute Gasteiger partial charge is 0.246 e. The summed E-state index contributed by atoms with van der Waals surface area (Å²) >= 11 is 1.45. The number of carbonyl (C=O) groups excluding carboxylic acids is 1. The van der Waals surface area contributed by atoms with E-state index in [2.05, 4.69) is 15.5 Å². The molecular weight excluding hydrogens is 407 g/mol. The Bertz CT molecular complexity index is 1050. The Balaban J connectivity index is 1.70. The monoisotopic (exact) mass is 424 g/mol. The molecule has 28 heavy (non-hydrogen) atoms. The van der Waals surface area contributed by atoms with Crippen LogP contribution in [0.4, 0.5) is 10.1 Å². The highest BCUT2D eigenvalue weighted by Gasteiger charge is 2.29. The molecule has 0 saturated carbocycles. The van der Waals surface area contributed by atoms with Crippen LogP contribution < -0.4 is 9.62 Å². The molecular formula is C17H17FN4O4S2. The number of aromatic nitrogens is 2. The van der Waals surface area contributed by atoms with E-state index in [1.807, 2.05) is 17.5 Å². The van der Waals surface area contributed by atoms with E-state index in [9.17, 15) is 17.6 Å². The fraction of sp³-hybridized carbons (Fsp3) is 0.235. The van der Waals surface area contributed by atoms with Crippen molar-refractivity contribution < 1.29 is 22.1 Å². The number of anilines is 1. The van der Waals surface area contributed by atoms with Crippen molar-refractivity contribution in [2.45, 2.75) is 19.5 Å². The molecule has 3 rings (SSSR count). The summed E-state index contributed by atoms with van der Waals surface area (Å²) in [7, 11) is -3.78. The molecule has 2 aromatic heterocycles. The molecule has 1 N–H and O–H groups in total. The Morgan fingerprint density at radius 1 is 1.32 bits per heavy atom. The fourth-order valence-corrected chi connectivity index (χ4v) is 4.36. The van der Waals surface area contributed by atoms with Crippen molar-refractivity contribution >= 4 is 33.0 Å². The Hall–Kier alpha value is -2.79. The molecule has 0 aliphatic carbocycles. The predicted octanol–water partition coefficient (Wildman–Crippen LogP) is 2.41. The van der Waals surface area contributed by atoms with Gasteiger partial charge in [-0.05, 0) is 42.6 Å². The van der Waals surface area contributed by atoms with E-state index in [0.29, 0.717) is 5.82 Å². The van der Waals surface area contributed by atoms with E-state index < -0.39 is 27.8 Å². The minimum absolute atomic E-state index is 0.0530. The Morgan fingerprint density at radius 2 is 2.04 bits per heavy atom. The first-order valence-electron chi connectivity index (χ1n) is 8.15. The fourth-order valence-electron chi connectivity index (χ4n) is 2.54. The van der Waals surface area contributed by atoms with Crippen molar-refractivity contribution in [2.24, 2.45) is 0 Å². The second kappa shape index (κ2) is 8.07. The molecule has 8 nitrogen and oxygen atoms in total. The zero-order valence-electron chi connectivity index (χ0n) is 15.0. The van der Waals surface area contributed by atoms with E-state index in [1.165, 1.54) is 30.4 Å². The lowest BCUT2D eigenvalue weighted by Crippen LogP contribution is -2.47. The van der Waals surface area contributed by atoms with Crippen LogP contribution in [0.2, 0.25) is 0 Å². The van der Waals surface area contributed by atoms with Crippen molar-refractivity contribution in [2.75, 3.05) is 10.6 Å². The summed E-state index contributed by atoms with van der Waals surface area (Å²) in [5.74, 6) is -0.467. The standard InChI is InChI=1S/C17H17FN4O4S2/c1-11(22(28(2,24)25)13-7-5-12(18)6-8-13)17(23)19-10-15-20-16(21-26-15)14-4-3-9-27-14/h3-9,11H,10H2,1-2H3,(H,19,23). The number of sulfonamides is 1. The topological polar surface area (TPSA) is 105 Å². The van der Waals surface area contributed by atoms with Crippen LogP contribution in [0.5, 0.6) is 0 Å². The van der Waals surface area contributed by atoms with E-state index in [0.717, 1.165) is 27.6 Å². The summed E-state index contributed by atoms with van der Waals surface area (Å²) in [6.45, 7) is 1.38. The number of hydrogen-bond donors (Lipinski definition) is 1. The van der Waals surface area contributed by atoms with Crippen LogP contribution in [0.3, 0.4) is 0 Å². The average Bonchev–Trinajstić information content (AvgIpc) is 3.31. The van der Waals surface area contributed by atoms with Gasteiger partial charge in [0.25, 0.3) is 0 Å². The van der Waals surface area contributed by atoms with Gasteiger partial charge >= 0.3 is 0 Å². The molecule has 148 valence electrons. The number of benzene rings is 1. The number of halogens is 1. The molecule has 1 atom stereocenters. The Kier molecular flexibility index (Phi) is 5.75. The summed E-state index contributed by atoms with van der Waals surface area (Å²) in [6.07, 6.45) is 0.978. The van der Waals surface area contributed by atoms with E-state index in [1.54, 1.807) is 0 Å². The van der Waals surface area contributed by atoms with Gasteiger partial charge in [-0.15, -0.1) is 11.3 Å². The predicted molar refractivity (Wildman–Crippen MR) is 103 cm³/mol. The van der Waals surface area contributed by atoms with Gasteiger partial charge in [0.05, 0.1) is 23.4 Å². The largest absolute Gasteiger partial charge is 0.345 e. The summed E-state index contributed by atoms with van der Waals surface area (Å²) in [5.41, 5.74) is 0.185. The first-order valence-corrected chi connectivity index (χ1v) is 10.9. The number of nitrogens with one attached hydrogen (secondary N) is 1. The lowest BCUT2D eigenvalue weighted by atomic mass is 10.2. The molecule has 0 aliphatic rings. The molecule has 3 aromatic rings. The molecule has 1 aromatic carbocycles. The van der Waals surface area contributed by atoms with Crippen LogP contribution in [0.25, 0.3) is 10.7 Å². The van der Waals surface area contributed by atoms with Gasteiger partial charge in [0.1, 0.15) is 11.9 Å². The number of rotatable bonds is 7. The van der Waals surface area contributed by atoms with Crippen molar-refractivity contribution in [1.29, 1.82) is 0 Å². The third-order valence-corrected chi connectivity index (χ3v) is 5.90. The van der Waals surface area contributed by atoms with Gasteiger partial charge in [0, 0.05) is 0 Å². The average molecular weight is 424 g/mol. The van der Waals surface area contributed by atoms with Gasteiger partial charge in [-0.2, -0.15) is 4.98 Å². The molecule has 0 spiro atoms. The van der Waals surface area contributed by atoms with Gasteiger partial charge in [0.15, 0.2) is 0 Å². The van der Waals surface area contributed by atoms with Crippen molar-refractivity contribution in [3.63, 3.8) is 0 Å². The quantitative estimate of drug-likeness (QED) is 0.624. The molecule has 2 heterocycles. The SMILES string of the molecule is CC(C(=O)NCc1nc(-c2cccs2)no1)N(c1ccc(F)cc1)S(C)(=O)=O. The summed E-state index contributed by atoms with van der Waals surface area (Å²) in [4.78, 5) is 17.5. The highest BCUT2D eigenvalue weighted by Crippen LogP contribution is 2.22. The van der Waals surface area contributed by atoms with Crippen molar-refractivity contribution in [3.05, 3.63) is 53.5 Å². The van der Waals surface area contributed by atoms with Gasteiger partial charge in [-0.1, -0.05) is 11.2 Å². The maximum atomic E-state index is 13.1. The first kappa shape index (κ1) is 20.0. The molecule has 0 saturated heterocycles. The van der Waals surface area contributed by atoms with Crippen LogP contribution in [0.1, 0.15) is 12.8 Å². The van der Waals surface area contributed by atoms with E-state index >= 15 is 0 Å². The van der Waals surface area contributed by atoms with Crippen LogP contribution in [0.15, 0.2) is 46.3 Å². The maximum absolute atomic E-state index is 13.1. The van der Waals surface area contributed by atoms with Crippen molar-refractivity contribution in [1.82, 2.24) is 15.5 Å². The van der Waals surface area contributed by atoms with Crippen molar-refractivity contribution in [3.8, 4) is 10.7 Å². The third-order valence-electron chi connectivity index (χ3n) is 3.79. The number of nitrogens with zero attached hydrogens (tertiary/aromatic N) is 3. The number of carbonyl (C=O) groups is 1. The Labute approximate surface area is 165 Å². The Morgan fingerprint density at radius 3 is 2.64 bits per heavy atom. The lowest BCUT2D eigenvalue weighted by molar-refractivity contribution is -0.122. The molecule has 0 aliphatic heterocycles. The minimum atomic E-state index is -3.78. The number of thiophene rings is 1. The summed E-state index contributed by atoms with van der Waals surface area (Å²) in [6, 6.07) is 7.48. The van der Waals surface area contributed by atoms with Gasteiger partial charge < -0.3 is 9.84 Å². The minimum Gasteiger partial charge on any atom is -0.345 e. The van der Waals surface area contributed by atoms with Gasteiger partial charge in [-0.3, -0.25) is 9.10 Å². The summed E-state index contributed by atoms with van der Waals surface area (Å²) < 4.78 is 43.5. The molecule has 1 amide bonds. The highest BCUT2D eigenvalue weighted by atomic mass is 32.2. The van der Waals surface area contributed by atoms with Crippen LogP contribution in [0, 0.1) is 5.82 Å². The van der Waals surface area contributed by atoms with Crippen LogP contribution >= 0.6 is 11.3 Å². The number of hydrogen-bond acceptors (Lipinski definition) is 7. The zero-order chi connectivity index (χ0) is 20.3.